The molecule has 1 fully saturated rings. The molecule has 2 atom stereocenters. The highest BCUT2D eigenvalue weighted by atomic mass is 35.5. The van der Waals surface area contributed by atoms with Crippen molar-refractivity contribution in [1.29, 1.82) is 0 Å². The fourth-order valence-corrected chi connectivity index (χ4v) is 3.78. The van der Waals surface area contributed by atoms with Crippen LogP contribution in [0.1, 0.15) is 24.5 Å². The van der Waals surface area contributed by atoms with Crippen LogP contribution in [0.4, 0.5) is 5.69 Å². The molecule has 0 aliphatic carbocycles. The normalized spacial score (nSPS) is 17.6. The Morgan fingerprint density at radius 1 is 1.29 bits per heavy atom. The average molecular weight is 399 g/mol. The Morgan fingerprint density at radius 2 is 2.11 bits per heavy atom. The average Bonchev–Trinajstić information content (AvgIpc) is 3.36. The number of hydrogen-bond donors (Lipinski definition) is 3. The Balaban J connectivity index is 1.49. The van der Waals surface area contributed by atoms with Gasteiger partial charge in [-0.25, -0.2) is 0 Å². The highest BCUT2D eigenvalue weighted by molar-refractivity contribution is 6.31. The van der Waals surface area contributed by atoms with Gasteiger partial charge in [0.1, 0.15) is 6.04 Å². The number of aliphatic hydroxyl groups excluding tert-OH is 1. The van der Waals surface area contributed by atoms with Gasteiger partial charge in [-0.1, -0.05) is 29.8 Å². The Hall–Kier alpha value is -2.90. The van der Waals surface area contributed by atoms with E-state index in [1.165, 1.54) is 4.90 Å². The minimum absolute atomic E-state index is 0.278. The van der Waals surface area contributed by atoms with Gasteiger partial charge in [-0.3, -0.25) is 14.7 Å². The number of carbonyl (C=O) groups excluding carboxylic acids is 2. The summed E-state index contributed by atoms with van der Waals surface area (Å²) in [5.74, 6) is -0.795. The van der Waals surface area contributed by atoms with Crippen LogP contribution in [0.5, 0.6) is 0 Å². The highest BCUT2D eigenvalue weighted by Crippen LogP contribution is 2.28. The zero-order valence-corrected chi connectivity index (χ0v) is 15.7. The second-order valence-electron chi connectivity index (χ2n) is 6.77. The first-order valence-electron chi connectivity index (χ1n) is 9.01. The van der Waals surface area contributed by atoms with E-state index in [4.69, 9.17) is 11.6 Å². The van der Waals surface area contributed by atoms with E-state index in [1.54, 1.807) is 36.5 Å². The Labute approximate surface area is 166 Å². The van der Waals surface area contributed by atoms with Gasteiger partial charge in [0.15, 0.2) is 6.10 Å². The second-order valence-corrected chi connectivity index (χ2v) is 7.18. The number of nitrogens with one attached hydrogen (secondary N) is 2. The molecular formula is C20H19ClN4O3. The predicted molar refractivity (Wildman–Crippen MR) is 106 cm³/mol. The molecule has 2 aromatic carbocycles. The zero-order chi connectivity index (χ0) is 19.7. The maximum atomic E-state index is 12.8. The number of aromatic nitrogens is 2. The minimum Gasteiger partial charge on any atom is -0.378 e. The SMILES string of the molecule is O=C(Nc1ccc2[nH]ncc2c1)[C@@H]1CCCN1C(=O)[C@H](O)c1ccccc1Cl. The quantitative estimate of drug-likeness (QED) is 0.629. The summed E-state index contributed by atoms with van der Waals surface area (Å²) < 4.78 is 0. The summed E-state index contributed by atoms with van der Waals surface area (Å²) in [6, 6.07) is 11.4. The molecule has 1 aliphatic rings. The van der Waals surface area contributed by atoms with Gasteiger partial charge in [-0.05, 0) is 37.1 Å². The number of H-pyrrole nitrogens is 1. The lowest BCUT2D eigenvalue weighted by Gasteiger charge is -2.26. The largest absolute Gasteiger partial charge is 0.378 e. The van der Waals surface area contributed by atoms with Crippen LogP contribution in [-0.4, -0.2) is 44.6 Å². The van der Waals surface area contributed by atoms with E-state index in [0.29, 0.717) is 35.7 Å². The fraction of sp³-hybridized carbons (Fsp3) is 0.250. The van der Waals surface area contributed by atoms with Crippen molar-refractivity contribution in [3.8, 4) is 0 Å². The predicted octanol–water partition coefficient (Wildman–Crippen LogP) is 2.88. The van der Waals surface area contributed by atoms with Crippen LogP contribution >= 0.6 is 11.6 Å². The summed E-state index contributed by atoms with van der Waals surface area (Å²) in [4.78, 5) is 27.1. The topological polar surface area (TPSA) is 98.3 Å². The number of carbonyl (C=O) groups is 2. The number of rotatable bonds is 4. The molecule has 3 aromatic rings. The van der Waals surface area contributed by atoms with E-state index in [2.05, 4.69) is 15.5 Å². The van der Waals surface area contributed by atoms with Gasteiger partial charge in [0.05, 0.1) is 11.7 Å². The Morgan fingerprint density at radius 3 is 2.93 bits per heavy atom. The number of benzene rings is 2. The third-order valence-electron chi connectivity index (χ3n) is 4.98. The van der Waals surface area contributed by atoms with Gasteiger partial charge < -0.3 is 15.3 Å². The minimum atomic E-state index is -1.40. The van der Waals surface area contributed by atoms with E-state index >= 15 is 0 Å². The molecule has 1 aliphatic heterocycles. The van der Waals surface area contributed by atoms with Crippen LogP contribution in [0, 0.1) is 0 Å². The molecule has 0 spiro atoms. The fourth-order valence-electron chi connectivity index (χ4n) is 3.54. The molecule has 0 bridgehead atoms. The number of fused-ring (bicyclic) bond motifs is 1. The number of aliphatic hydroxyl groups is 1. The maximum absolute atomic E-state index is 12.8. The third kappa shape index (κ3) is 3.46. The first kappa shape index (κ1) is 18.5. The molecule has 144 valence electrons. The summed E-state index contributed by atoms with van der Waals surface area (Å²) in [6.07, 6.45) is 1.51. The van der Waals surface area contributed by atoms with Gasteiger partial charge >= 0.3 is 0 Å². The van der Waals surface area contributed by atoms with Crippen LogP contribution in [0.25, 0.3) is 10.9 Å². The summed E-state index contributed by atoms with van der Waals surface area (Å²) in [5, 5.41) is 21.4. The van der Waals surface area contributed by atoms with Crippen molar-refractivity contribution >= 4 is 40.0 Å². The van der Waals surface area contributed by atoms with Gasteiger partial charge in [-0.2, -0.15) is 5.10 Å². The van der Waals surface area contributed by atoms with Crippen molar-refractivity contribution in [1.82, 2.24) is 15.1 Å². The lowest BCUT2D eigenvalue weighted by Crippen LogP contribution is -2.45. The number of halogens is 1. The molecule has 0 radical (unpaired) electrons. The monoisotopic (exact) mass is 398 g/mol. The molecule has 8 heteroatoms. The molecule has 2 heterocycles. The van der Waals surface area contributed by atoms with Gasteiger partial charge in [-0.15, -0.1) is 0 Å². The summed E-state index contributed by atoms with van der Waals surface area (Å²) in [5.41, 5.74) is 1.84. The van der Waals surface area contributed by atoms with Crippen LogP contribution < -0.4 is 5.32 Å². The van der Waals surface area contributed by atoms with Crippen LogP contribution in [0.15, 0.2) is 48.7 Å². The summed E-state index contributed by atoms with van der Waals surface area (Å²) in [7, 11) is 0. The van der Waals surface area contributed by atoms with Crippen molar-refractivity contribution in [3.05, 3.63) is 59.2 Å². The zero-order valence-electron chi connectivity index (χ0n) is 14.9. The van der Waals surface area contributed by atoms with Crippen LogP contribution in [0.2, 0.25) is 5.02 Å². The molecule has 1 aromatic heterocycles. The molecule has 0 saturated carbocycles. The van der Waals surface area contributed by atoms with E-state index in [0.717, 1.165) is 10.9 Å². The molecular weight excluding hydrogens is 380 g/mol. The number of hydrogen-bond acceptors (Lipinski definition) is 4. The highest BCUT2D eigenvalue weighted by Gasteiger charge is 2.37. The first-order valence-corrected chi connectivity index (χ1v) is 9.39. The van der Waals surface area contributed by atoms with Gasteiger partial charge in [0.2, 0.25) is 5.91 Å². The molecule has 4 rings (SSSR count). The van der Waals surface area contributed by atoms with Gasteiger partial charge in [0.25, 0.3) is 5.91 Å². The molecule has 1 saturated heterocycles. The number of aromatic amines is 1. The van der Waals surface area contributed by atoms with E-state index < -0.39 is 18.1 Å². The molecule has 0 unspecified atom stereocenters. The van der Waals surface area contributed by atoms with E-state index in [-0.39, 0.29) is 5.91 Å². The van der Waals surface area contributed by atoms with E-state index in [1.807, 2.05) is 12.1 Å². The summed E-state index contributed by atoms with van der Waals surface area (Å²) >= 11 is 6.10. The van der Waals surface area contributed by atoms with Gasteiger partial charge in [0, 0.05) is 28.2 Å². The van der Waals surface area contributed by atoms with Crippen LogP contribution in [0.3, 0.4) is 0 Å². The first-order chi connectivity index (χ1) is 13.5. The molecule has 7 nitrogen and oxygen atoms in total. The van der Waals surface area contributed by atoms with Crippen molar-refractivity contribution in [2.75, 3.05) is 11.9 Å². The molecule has 2 amide bonds. The maximum Gasteiger partial charge on any atom is 0.256 e. The Kier molecular flexibility index (Phi) is 5.02. The summed E-state index contributed by atoms with van der Waals surface area (Å²) in [6.45, 7) is 0.416. The standard InChI is InChI=1S/C20H19ClN4O3/c21-15-5-2-1-4-14(15)18(26)20(28)25-9-3-6-17(25)19(27)23-13-7-8-16-12(10-13)11-22-24-16/h1-2,4-5,7-8,10-11,17-18,26H,3,6,9H2,(H,22,24)(H,23,27)/t17-,18+/m0/s1. The van der Waals surface area contributed by atoms with Crippen molar-refractivity contribution in [3.63, 3.8) is 0 Å². The third-order valence-corrected chi connectivity index (χ3v) is 5.32. The number of amides is 2. The smallest absolute Gasteiger partial charge is 0.256 e. The Bertz CT molecular complexity index is 1030. The number of anilines is 1. The number of likely N-dealkylation sites (tertiary alicyclic amines) is 1. The number of nitrogens with zero attached hydrogens (tertiary/aromatic N) is 2. The van der Waals surface area contributed by atoms with Crippen LogP contribution in [-0.2, 0) is 9.59 Å². The van der Waals surface area contributed by atoms with Crippen molar-refractivity contribution in [2.24, 2.45) is 0 Å². The lowest BCUT2D eigenvalue weighted by molar-refractivity contribution is -0.144. The second kappa shape index (κ2) is 7.61. The van der Waals surface area contributed by atoms with E-state index in [9.17, 15) is 14.7 Å². The molecule has 28 heavy (non-hydrogen) atoms. The lowest BCUT2D eigenvalue weighted by atomic mass is 10.1. The van der Waals surface area contributed by atoms with Crippen molar-refractivity contribution < 1.29 is 14.7 Å². The van der Waals surface area contributed by atoms with Crippen molar-refractivity contribution in [2.45, 2.75) is 25.0 Å². The molecule has 3 N–H and O–H groups in total.